The molecule has 5 heteroatoms. The van der Waals surface area contributed by atoms with Crippen molar-refractivity contribution in [1.82, 2.24) is 4.90 Å². The van der Waals surface area contributed by atoms with Crippen LogP contribution in [0.2, 0.25) is 0 Å². The molecule has 0 radical (unpaired) electrons. The number of primary amides is 1. The molecule has 0 atom stereocenters. The third-order valence-corrected chi connectivity index (χ3v) is 2.85. The minimum Gasteiger partial charge on any atom is -0.368 e. The summed E-state index contributed by atoms with van der Waals surface area (Å²) >= 11 is 0. The lowest BCUT2D eigenvalue weighted by Crippen LogP contribution is -2.40. The van der Waals surface area contributed by atoms with E-state index in [0.717, 1.165) is 12.0 Å². The summed E-state index contributed by atoms with van der Waals surface area (Å²) in [5, 5.41) is 0. The molecule has 0 aromatic heterocycles. The number of benzene rings is 1. The number of carbonyl (C=O) groups excluding carboxylic acids is 2. The van der Waals surface area contributed by atoms with Gasteiger partial charge in [0.1, 0.15) is 0 Å². The van der Waals surface area contributed by atoms with E-state index < -0.39 is 5.91 Å². The Kier molecular flexibility index (Phi) is 6.18. The molecule has 110 valence electrons. The van der Waals surface area contributed by atoms with Gasteiger partial charge in [-0.25, -0.2) is 0 Å². The molecule has 0 saturated carbocycles. The number of hydrogen-bond acceptors (Lipinski definition) is 3. The quantitative estimate of drug-likeness (QED) is 0.771. The zero-order valence-corrected chi connectivity index (χ0v) is 12.1. The van der Waals surface area contributed by atoms with E-state index in [0.29, 0.717) is 18.7 Å². The summed E-state index contributed by atoms with van der Waals surface area (Å²) in [5.41, 5.74) is 12.3. The highest BCUT2D eigenvalue weighted by atomic mass is 16.2. The largest absolute Gasteiger partial charge is 0.368 e. The number of rotatable bonds is 7. The highest BCUT2D eigenvalue weighted by Gasteiger charge is 2.18. The molecule has 1 aromatic rings. The molecule has 0 heterocycles. The van der Waals surface area contributed by atoms with Gasteiger partial charge in [-0.2, -0.15) is 0 Å². The SMILES string of the molecule is CC(C)CN(CC(N)=O)C(=O)c1ccc(CCN)cc1. The van der Waals surface area contributed by atoms with E-state index in [1.807, 2.05) is 26.0 Å². The van der Waals surface area contributed by atoms with E-state index in [1.165, 1.54) is 4.90 Å². The maximum Gasteiger partial charge on any atom is 0.254 e. The van der Waals surface area contributed by atoms with Crippen molar-refractivity contribution in [3.05, 3.63) is 35.4 Å². The molecule has 0 aliphatic carbocycles. The Bertz CT molecular complexity index is 455. The van der Waals surface area contributed by atoms with Crippen molar-refractivity contribution in [2.24, 2.45) is 17.4 Å². The third kappa shape index (κ3) is 5.01. The van der Waals surface area contributed by atoms with E-state index in [9.17, 15) is 9.59 Å². The molecule has 0 aliphatic heterocycles. The standard InChI is InChI=1S/C15H23N3O2/c1-11(2)9-18(10-14(17)19)15(20)13-5-3-12(4-6-13)7-8-16/h3-6,11H,7-10,16H2,1-2H3,(H2,17,19). The van der Waals surface area contributed by atoms with Gasteiger partial charge in [0.05, 0.1) is 6.54 Å². The molecule has 0 spiro atoms. The summed E-state index contributed by atoms with van der Waals surface area (Å²) in [4.78, 5) is 25.0. The van der Waals surface area contributed by atoms with Crippen molar-refractivity contribution in [1.29, 1.82) is 0 Å². The van der Waals surface area contributed by atoms with Crippen LogP contribution in [0.5, 0.6) is 0 Å². The molecule has 5 nitrogen and oxygen atoms in total. The first kappa shape index (κ1) is 16.2. The maximum atomic E-state index is 12.4. The number of nitrogens with zero attached hydrogens (tertiary/aromatic N) is 1. The molecule has 0 fully saturated rings. The summed E-state index contributed by atoms with van der Waals surface area (Å²) in [6.07, 6.45) is 0.783. The van der Waals surface area contributed by atoms with Crippen LogP contribution in [0.25, 0.3) is 0 Å². The Morgan fingerprint density at radius 3 is 2.25 bits per heavy atom. The average Bonchev–Trinajstić information content (AvgIpc) is 2.37. The van der Waals surface area contributed by atoms with Crippen LogP contribution in [-0.4, -0.2) is 36.3 Å². The lowest BCUT2D eigenvalue weighted by atomic mass is 10.1. The van der Waals surface area contributed by atoms with Crippen LogP contribution in [0, 0.1) is 5.92 Å². The molecular formula is C15H23N3O2. The lowest BCUT2D eigenvalue weighted by molar-refractivity contribution is -0.118. The zero-order valence-electron chi connectivity index (χ0n) is 12.1. The summed E-state index contributed by atoms with van der Waals surface area (Å²) in [6.45, 7) is 5.01. The van der Waals surface area contributed by atoms with Gasteiger partial charge < -0.3 is 16.4 Å². The third-order valence-electron chi connectivity index (χ3n) is 2.85. The van der Waals surface area contributed by atoms with Crippen molar-refractivity contribution in [2.45, 2.75) is 20.3 Å². The van der Waals surface area contributed by atoms with Crippen LogP contribution in [0.4, 0.5) is 0 Å². The highest BCUT2D eigenvalue weighted by molar-refractivity contribution is 5.96. The minimum atomic E-state index is -0.501. The van der Waals surface area contributed by atoms with Crippen molar-refractivity contribution in [3.63, 3.8) is 0 Å². The van der Waals surface area contributed by atoms with Crippen LogP contribution < -0.4 is 11.5 Å². The topological polar surface area (TPSA) is 89.4 Å². The summed E-state index contributed by atoms with van der Waals surface area (Å²) in [7, 11) is 0. The van der Waals surface area contributed by atoms with Crippen LogP contribution in [0.3, 0.4) is 0 Å². The summed E-state index contributed by atoms with van der Waals surface area (Å²) in [5.74, 6) is -0.398. The second-order valence-electron chi connectivity index (χ2n) is 5.28. The van der Waals surface area contributed by atoms with Crippen LogP contribution >= 0.6 is 0 Å². The van der Waals surface area contributed by atoms with Crippen molar-refractivity contribution in [2.75, 3.05) is 19.6 Å². The first-order valence-corrected chi connectivity index (χ1v) is 6.80. The fourth-order valence-electron chi connectivity index (χ4n) is 2.01. The Morgan fingerprint density at radius 2 is 1.80 bits per heavy atom. The number of nitrogens with two attached hydrogens (primary N) is 2. The van der Waals surface area contributed by atoms with Crippen LogP contribution in [-0.2, 0) is 11.2 Å². The molecule has 0 saturated heterocycles. The predicted octanol–water partition coefficient (Wildman–Crippen LogP) is 0.771. The molecule has 0 bridgehead atoms. The smallest absolute Gasteiger partial charge is 0.254 e. The van der Waals surface area contributed by atoms with E-state index >= 15 is 0 Å². The van der Waals surface area contributed by atoms with Gasteiger partial charge in [0.15, 0.2) is 0 Å². The van der Waals surface area contributed by atoms with Crippen molar-refractivity contribution >= 4 is 11.8 Å². The molecular weight excluding hydrogens is 254 g/mol. The fourth-order valence-corrected chi connectivity index (χ4v) is 2.01. The number of amides is 2. The molecule has 0 unspecified atom stereocenters. The van der Waals surface area contributed by atoms with Gasteiger partial charge in [0.2, 0.25) is 5.91 Å². The van der Waals surface area contributed by atoms with Gasteiger partial charge in [0.25, 0.3) is 5.91 Å². The highest BCUT2D eigenvalue weighted by Crippen LogP contribution is 2.10. The lowest BCUT2D eigenvalue weighted by Gasteiger charge is -2.23. The molecule has 1 rings (SSSR count). The molecule has 4 N–H and O–H groups in total. The average molecular weight is 277 g/mol. The van der Waals surface area contributed by atoms with E-state index in [-0.39, 0.29) is 18.4 Å². The van der Waals surface area contributed by atoms with Crippen LogP contribution in [0.1, 0.15) is 29.8 Å². The fraction of sp³-hybridized carbons (Fsp3) is 0.467. The predicted molar refractivity (Wildman–Crippen MR) is 79.1 cm³/mol. The first-order valence-electron chi connectivity index (χ1n) is 6.80. The molecule has 1 aromatic carbocycles. The number of hydrogen-bond donors (Lipinski definition) is 2. The number of carbonyl (C=O) groups is 2. The monoisotopic (exact) mass is 277 g/mol. The van der Waals surface area contributed by atoms with Gasteiger partial charge in [-0.3, -0.25) is 9.59 Å². The van der Waals surface area contributed by atoms with Gasteiger partial charge in [0, 0.05) is 12.1 Å². The Hall–Kier alpha value is -1.88. The first-order chi connectivity index (χ1) is 9.43. The summed E-state index contributed by atoms with van der Waals surface area (Å²) < 4.78 is 0. The maximum absolute atomic E-state index is 12.4. The minimum absolute atomic E-state index is 0.0540. The van der Waals surface area contributed by atoms with Gasteiger partial charge in [-0.05, 0) is 36.6 Å². The van der Waals surface area contributed by atoms with Crippen LogP contribution in [0.15, 0.2) is 24.3 Å². The van der Waals surface area contributed by atoms with Gasteiger partial charge in [-0.1, -0.05) is 26.0 Å². The normalized spacial score (nSPS) is 10.6. The Labute approximate surface area is 119 Å². The Morgan fingerprint density at radius 1 is 1.20 bits per heavy atom. The second kappa shape index (κ2) is 7.65. The van der Waals surface area contributed by atoms with E-state index in [1.54, 1.807) is 12.1 Å². The van der Waals surface area contributed by atoms with E-state index in [4.69, 9.17) is 11.5 Å². The summed E-state index contributed by atoms with van der Waals surface area (Å²) in [6, 6.07) is 7.30. The zero-order chi connectivity index (χ0) is 15.1. The molecule has 0 aliphatic rings. The second-order valence-corrected chi connectivity index (χ2v) is 5.28. The van der Waals surface area contributed by atoms with E-state index in [2.05, 4.69) is 0 Å². The van der Waals surface area contributed by atoms with Gasteiger partial charge in [-0.15, -0.1) is 0 Å². The Balaban J connectivity index is 2.84. The molecule has 20 heavy (non-hydrogen) atoms. The molecule has 2 amide bonds. The van der Waals surface area contributed by atoms with Crippen molar-refractivity contribution in [3.8, 4) is 0 Å². The van der Waals surface area contributed by atoms with Gasteiger partial charge >= 0.3 is 0 Å². The van der Waals surface area contributed by atoms with Crippen molar-refractivity contribution < 1.29 is 9.59 Å².